The maximum absolute atomic E-state index is 14.1. The first-order valence-corrected chi connectivity index (χ1v) is 11.6. The number of anilines is 1. The molecule has 0 saturated heterocycles. The molecule has 184 valence electrons. The first-order valence-electron chi connectivity index (χ1n) is 11.6. The zero-order valence-electron chi connectivity index (χ0n) is 19.6. The molecule has 0 radical (unpaired) electrons. The molecule has 1 amide bonds. The molecule has 0 aliphatic heterocycles. The molecule has 10 heteroatoms. The number of alkyl halides is 2. The second kappa shape index (κ2) is 9.96. The quantitative estimate of drug-likeness (QED) is 0.472. The fourth-order valence-electron chi connectivity index (χ4n) is 4.19. The number of pyridine rings is 1. The van der Waals surface area contributed by atoms with Crippen molar-refractivity contribution >= 4 is 17.1 Å². The number of nitrogens with zero attached hydrogens (tertiary/aromatic N) is 4. The van der Waals surface area contributed by atoms with E-state index in [2.05, 4.69) is 26.8 Å². The van der Waals surface area contributed by atoms with Crippen LogP contribution in [0.3, 0.4) is 0 Å². The van der Waals surface area contributed by atoms with E-state index >= 15 is 0 Å². The van der Waals surface area contributed by atoms with Crippen LogP contribution in [0.1, 0.15) is 55.5 Å². The van der Waals surface area contributed by atoms with E-state index in [1.165, 1.54) is 12.4 Å². The molecular formula is C25H28F2N6O2. The highest BCUT2D eigenvalue weighted by molar-refractivity contribution is 6.00. The second-order valence-corrected chi connectivity index (χ2v) is 9.43. The molecule has 3 aromatic rings. The van der Waals surface area contributed by atoms with Crippen LogP contribution in [-0.4, -0.2) is 56.1 Å². The molecule has 1 aliphatic carbocycles. The van der Waals surface area contributed by atoms with Crippen LogP contribution in [-0.2, 0) is 0 Å². The van der Waals surface area contributed by atoms with Gasteiger partial charge in [0.05, 0.1) is 52.6 Å². The van der Waals surface area contributed by atoms with Gasteiger partial charge in [0.2, 0.25) is 0 Å². The van der Waals surface area contributed by atoms with E-state index in [1.54, 1.807) is 16.6 Å². The van der Waals surface area contributed by atoms with Gasteiger partial charge in [-0.15, -0.1) is 0 Å². The molecule has 3 heterocycles. The highest BCUT2D eigenvalue weighted by atomic mass is 19.2. The van der Waals surface area contributed by atoms with Crippen LogP contribution in [0, 0.1) is 11.3 Å². The monoisotopic (exact) mass is 482 g/mol. The van der Waals surface area contributed by atoms with Crippen molar-refractivity contribution in [3.8, 4) is 17.5 Å². The summed E-state index contributed by atoms with van der Waals surface area (Å²) in [6.45, 7) is 1.77. The number of halogens is 2. The third kappa shape index (κ3) is 5.57. The first kappa shape index (κ1) is 24.5. The number of carbonyl (C=O) groups excluding carboxylic acids is 1. The summed E-state index contributed by atoms with van der Waals surface area (Å²) in [5, 5.41) is 29.3. The molecule has 3 aromatic heterocycles. The number of rotatable bonds is 7. The third-order valence-electron chi connectivity index (χ3n) is 6.23. The molecule has 0 spiro atoms. The smallest absolute Gasteiger partial charge is 0.255 e. The average Bonchev–Trinajstić information content (AvgIpc) is 3.25. The largest absolute Gasteiger partial charge is 0.393 e. The normalized spacial score (nSPS) is 19.2. The Labute approximate surface area is 202 Å². The number of amides is 1. The lowest BCUT2D eigenvalue weighted by atomic mass is 9.92. The highest BCUT2D eigenvalue weighted by Crippen LogP contribution is 2.29. The molecule has 4 rings (SSSR count). The molecule has 1 fully saturated rings. The summed E-state index contributed by atoms with van der Waals surface area (Å²) >= 11 is 0. The summed E-state index contributed by atoms with van der Waals surface area (Å²) in [6.07, 6.45) is 3.51. The molecule has 8 nitrogen and oxygen atoms in total. The van der Waals surface area contributed by atoms with E-state index in [9.17, 15) is 18.7 Å². The van der Waals surface area contributed by atoms with Crippen LogP contribution in [0.5, 0.6) is 0 Å². The van der Waals surface area contributed by atoms with E-state index in [-0.39, 0.29) is 11.6 Å². The molecular weight excluding hydrogens is 454 g/mol. The Morgan fingerprint density at radius 2 is 2.14 bits per heavy atom. The summed E-state index contributed by atoms with van der Waals surface area (Å²) in [6, 6.07) is 9.06. The maximum Gasteiger partial charge on any atom is 0.255 e. The van der Waals surface area contributed by atoms with Crippen molar-refractivity contribution in [2.45, 2.75) is 63.5 Å². The highest BCUT2D eigenvalue weighted by Gasteiger charge is 2.30. The predicted octanol–water partition coefficient (Wildman–Crippen LogP) is 3.80. The van der Waals surface area contributed by atoms with Crippen LogP contribution in [0.2, 0.25) is 0 Å². The number of aromatic nitrogens is 3. The van der Waals surface area contributed by atoms with E-state index in [0.717, 1.165) is 38.6 Å². The molecule has 1 aliphatic rings. The van der Waals surface area contributed by atoms with E-state index in [4.69, 9.17) is 5.26 Å². The number of aliphatic hydroxyl groups is 1. The lowest BCUT2D eigenvalue weighted by Gasteiger charge is -2.28. The number of aliphatic hydroxyl groups excluding tert-OH is 1. The third-order valence-corrected chi connectivity index (χ3v) is 6.23. The second-order valence-electron chi connectivity index (χ2n) is 9.43. The molecule has 3 atom stereocenters. The Kier molecular flexibility index (Phi) is 6.98. The van der Waals surface area contributed by atoms with Crippen molar-refractivity contribution in [1.29, 1.82) is 5.26 Å². The number of hydrogen-bond acceptors (Lipinski definition) is 6. The van der Waals surface area contributed by atoms with Gasteiger partial charge in [-0.3, -0.25) is 9.78 Å². The van der Waals surface area contributed by atoms with Crippen LogP contribution in [0.25, 0.3) is 16.9 Å². The summed E-state index contributed by atoms with van der Waals surface area (Å²) < 4.78 is 29.6. The standard InChI is InChI=1S/C25H28F2N6O2/c1-25(2,27)23(26)14-30-24(35)19-13-29-21(10-20(19)32-16-4-3-5-18(34)9-16)22-7-6-17-8-15(11-28)12-31-33(17)22/h6-8,10,12-13,16,18,23,34H,3-5,9,14H2,1-2H3,(H,29,32)(H,30,35)/t16-,18+,23+/m0/s1. The Morgan fingerprint density at radius 1 is 1.34 bits per heavy atom. The van der Waals surface area contributed by atoms with Crippen molar-refractivity contribution in [3.05, 3.63) is 47.8 Å². The number of nitriles is 1. The van der Waals surface area contributed by atoms with Gasteiger partial charge in [-0.25, -0.2) is 13.3 Å². The summed E-state index contributed by atoms with van der Waals surface area (Å²) in [4.78, 5) is 17.3. The number of nitrogens with one attached hydrogen (secondary N) is 2. The van der Waals surface area contributed by atoms with Crippen molar-refractivity contribution < 1.29 is 18.7 Å². The zero-order chi connectivity index (χ0) is 25.2. The lowest BCUT2D eigenvalue weighted by molar-refractivity contribution is 0.0759. The minimum absolute atomic E-state index is 0.0559. The minimum Gasteiger partial charge on any atom is -0.393 e. The summed E-state index contributed by atoms with van der Waals surface area (Å²) in [5.41, 5.74) is 0.933. The van der Waals surface area contributed by atoms with Crippen molar-refractivity contribution in [3.63, 3.8) is 0 Å². The Bertz CT molecular complexity index is 1260. The fraction of sp³-hybridized carbons (Fsp3) is 0.440. The van der Waals surface area contributed by atoms with Gasteiger partial charge in [-0.2, -0.15) is 10.4 Å². The lowest BCUT2D eigenvalue weighted by Crippen LogP contribution is -2.39. The van der Waals surface area contributed by atoms with Gasteiger partial charge in [-0.1, -0.05) is 0 Å². The van der Waals surface area contributed by atoms with Crippen LogP contribution < -0.4 is 10.6 Å². The maximum atomic E-state index is 14.1. The molecule has 0 bridgehead atoms. The van der Waals surface area contributed by atoms with Gasteiger partial charge in [0.25, 0.3) is 5.91 Å². The Balaban J connectivity index is 1.66. The zero-order valence-corrected chi connectivity index (χ0v) is 19.6. The average molecular weight is 483 g/mol. The van der Waals surface area contributed by atoms with Gasteiger partial charge < -0.3 is 15.7 Å². The van der Waals surface area contributed by atoms with E-state index in [1.807, 2.05) is 12.1 Å². The van der Waals surface area contributed by atoms with Gasteiger partial charge in [0, 0.05) is 12.2 Å². The van der Waals surface area contributed by atoms with Crippen LogP contribution in [0.15, 0.2) is 36.7 Å². The number of hydrogen-bond donors (Lipinski definition) is 3. The molecule has 3 N–H and O–H groups in total. The summed E-state index contributed by atoms with van der Waals surface area (Å²) in [5.74, 6) is -0.577. The van der Waals surface area contributed by atoms with E-state index < -0.39 is 30.4 Å². The van der Waals surface area contributed by atoms with Gasteiger partial charge in [0.1, 0.15) is 11.7 Å². The Hall–Kier alpha value is -3.58. The number of carbonyl (C=O) groups is 1. The predicted molar refractivity (Wildman–Crippen MR) is 127 cm³/mol. The van der Waals surface area contributed by atoms with Crippen LogP contribution in [0.4, 0.5) is 14.5 Å². The van der Waals surface area contributed by atoms with Gasteiger partial charge >= 0.3 is 0 Å². The summed E-state index contributed by atoms with van der Waals surface area (Å²) in [7, 11) is 0. The molecule has 0 unspecified atom stereocenters. The SMILES string of the molecule is CC(C)(F)[C@H](F)CNC(=O)c1cnc(-c2ccc3cc(C#N)cnn23)cc1N[C@H]1CCC[C@@H](O)C1. The fourth-order valence-corrected chi connectivity index (χ4v) is 4.19. The number of fused-ring (bicyclic) bond motifs is 1. The molecule has 35 heavy (non-hydrogen) atoms. The van der Waals surface area contributed by atoms with Gasteiger partial charge in [-0.05, 0) is 63.8 Å². The molecule has 0 aromatic carbocycles. The van der Waals surface area contributed by atoms with Crippen LogP contribution >= 0.6 is 0 Å². The van der Waals surface area contributed by atoms with Crippen molar-refractivity contribution in [1.82, 2.24) is 19.9 Å². The minimum atomic E-state index is -2.08. The topological polar surface area (TPSA) is 115 Å². The molecule has 1 saturated carbocycles. The van der Waals surface area contributed by atoms with E-state index in [0.29, 0.717) is 29.1 Å². The van der Waals surface area contributed by atoms with Crippen molar-refractivity contribution in [2.75, 3.05) is 11.9 Å². The van der Waals surface area contributed by atoms with Gasteiger partial charge in [0.15, 0.2) is 6.17 Å². The van der Waals surface area contributed by atoms with Crippen molar-refractivity contribution in [2.24, 2.45) is 0 Å². The Morgan fingerprint density at radius 3 is 2.86 bits per heavy atom. The first-order chi connectivity index (χ1) is 16.7.